The zero-order valence-electron chi connectivity index (χ0n) is 12.0. The van der Waals surface area contributed by atoms with Crippen molar-refractivity contribution in [3.05, 3.63) is 81.9 Å². The molecule has 2 heteroatoms. The van der Waals surface area contributed by atoms with Crippen molar-refractivity contribution in [3.63, 3.8) is 0 Å². The van der Waals surface area contributed by atoms with Gasteiger partial charge < -0.3 is 0 Å². The molecule has 3 aromatic rings. The minimum absolute atomic E-state index is 0.173. The Morgan fingerprint density at radius 1 is 0.762 bits per heavy atom. The first-order valence-electron chi connectivity index (χ1n) is 6.97. The first-order valence-corrected chi connectivity index (χ1v) is 7.78. The van der Waals surface area contributed by atoms with Gasteiger partial charge in [-0.2, -0.15) is 0 Å². The Kier molecular flexibility index (Phi) is 3.93. The van der Waals surface area contributed by atoms with Gasteiger partial charge in [-0.3, -0.25) is 0 Å². The lowest BCUT2D eigenvalue weighted by atomic mass is 9.93. The summed E-state index contributed by atoms with van der Waals surface area (Å²) in [5.41, 5.74) is 4.73. The molecular weight excluding hydrogens is 299 g/mol. The average Bonchev–Trinajstić information content (AvgIpc) is 2.47. The van der Waals surface area contributed by atoms with Crippen LogP contribution in [0.1, 0.15) is 27.6 Å². The van der Waals surface area contributed by atoms with Crippen LogP contribution >= 0.6 is 23.2 Å². The Morgan fingerprint density at radius 3 is 2.05 bits per heavy atom. The zero-order chi connectivity index (χ0) is 15.0. The highest BCUT2D eigenvalue weighted by Crippen LogP contribution is 2.38. The molecule has 0 radical (unpaired) electrons. The van der Waals surface area contributed by atoms with Crippen molar-refractivity contribution in [2.24, 2.45) is 0 Å². The van der Waals surface area contributed by atoms with E-state index in [1.807, 2.05) is 30.3 Å². The summed E-state index contributed by atoms with van der Waals surface area (Å²) >= 11 is 13.1. The molecule has 0 aliphatic rings. The number of aryl methyl sites for hydroxylation is 2. The molecule has 0 amide bonds. The summed E-state index contributed by atoms with van der Waals surface area (Å²) in [7, 11) is 0. The normalized spacial score (nSPS) is 12.6. The summed E-state index contributed by atoms with van der Waals surface area (Å²) in [6, 6.07) is 18.4. The summed E-state index contributed by atoms with van der Waals surface area (Å²) in [5, 5.41) is 2.76. The van der Waals surface area contributed by atoms with Crippen molar-refractivity contribution in [2.75, 3.05) is 0 Å². The van der Waals surface area contributed by atoms with Gasteiger partial charge >= 0.3 is 0 Å². The minimum Gasteiger partial charge on any atom is -0.113 e. The van der Waals surface area contributed by atoms with E-state index in [1.54, 1.807) is 0 Å². The third-order valence-corrected chi connectivity index (χ3v) is 4.76. The molecule has 0 spiro atoms. The lowest BCUT2D eigenvalue weighted by molar-refractivity contribution is 1.09. The maximum absolute atomic E-state index is 6.83. The minimum atomic E-state index is -0.173. The SMILES string of the molecule is Cc1cccc(C)c1C(Cl)c1ccc(Cl)c2ccccc12. The lowest BCUT2D eigenvalue weighted by Gasteiger charge is -2.18. The quantitative estimate of drug-likeness (QED) is 0.477. The van der Waals surface area contributed by atoms with Gasteiger partial charge in [0.15, 0.2) is 0 Å². The number of halogens is 2. The Balaban J connectivity index is 2.23. The number of rotatable bonds is 2. The third kappa shape index (κ3) is 2.54. The smallest absolute Gasteiger partial charge is 0.0846 e. The van der Waals surface area contributed by atoms with E-state index in [-0.39, 0.29) is 5.38 Å². The molecule has 0 N–H and O–H groups in total. The Hall–Kier alpha value is -1.50. The van der Waals surface area contributed by atoms with E-state index in [0.29, 0.717) is 0 Å². The predicted molar refractivity (Wildman–Crippen MR) is 92.6 cm³/mol. The van der Waals surface area contributed by atoms with Gasteiger partial charge in [0.2, 0.25) is 0 Å². The van der Waals surface area contributed by atoms with Gasteiger partial charge in [0.1, 0.15) is 0 Å². The van der Waals surface area contributed by atoms with Crippen molar-refractivity contribution >= 4 is 34.0 Å². The van der Waals surface area contributed by atoms with Crippen LogP contribution in [0.3, 0.4) is 0 Å². The molecule has 0 aliphatic carbocycles. The fourth-order valence-electron chi connectivity index (χ4n) is 2.89. The van der Waals surface area contributed by atoms with Gasteiger partial charge in [-0.25, -0.2) is 0 Å². The highest BCUT2D eigenvalue weighted by molar-refractivity contribution is 6.36. The number of benzene rings is 3. The van der Waals surface area contributed by atoms with Gasteiger partial charge in [0, 0.05) is 10.4 Å². The average molecular weight is 315 g/mol. The van der Waals surface area contributed by atoms with Crippen LogP contribution in [0.25, 0.3) is 10.8 Å². The summed E-state index contributed by atoms with van der Waals surface area (Å²) < 4.78 is 0. The zero-order valence-corrected chi connectivity index (χ0v) is 13.5. The van der Waals surface area contributed by atoms with Crippen molar-refractivity contribution < 1.29 is 0 Å². The van der Waals surface area contributed by atoms with Crippen LogP contribution in [-0.4, -0.2) is 0 Å². The Bertz CT molecular complexity index is 786. The van der Waals surface area contributed by atoms with Crippen LogP contribution in [0.4, 0.5) is 0 Å². The predicted octanol–water partition coefficient (Wildman–Crippen LogP) is 6.44. The van der Waals surface area contributed by atoms with Crippen molar-refractivity contribution in [1.29, 1.82) is 0 Å². The van der Waals surface area contributed by atoms with E-state index in [9.17, 15) is 0 Å². The number of alkyl halides is 1. The molecule has 1 atom stereocenters. The molecule has 0 aliphatic heterocycles. The molecule has 0 fully saturated rings. The van der Waals surface area contributed by atoms with Crippen LogP contribution in [-0.2, 0) is 0 Å². The molecule has 0 saturated carbocycles. The van der Waals surface area contributed by atoms with Crippen LogP contribution in [0, 0.1) is 13.8 Å². The maximum Gasteiger partial charge on any atom is 0.0846 e. The molecule has 1 unspecified atom stereocenters. The number of hydrogen-bond acceptors (Lipinski definition) is 0. The summed E-state index contributed by atoms with van der Waals surface area (Å²) in [4.78, 5) is 0. The third-order valence-electron chi connectivity index (χ3n) is 3.97. The highest BCUT2D eigenvalue weighted by Gasteiger charge is 2.18. The van der Waals surface area contributed by atoms with Gasteiger partial charge in [0.25, 0.3) is 0 Å². The van der Waals surface area contributed by atoms with Crippen LogP contribution < -0.4 is 0 Å². The molecule has 0 saturated heterocycles. The summed E-state index contributed by atoms with van der Waals surface area (Å²) in [5.74, 6) is 0. The molecule has 106 valence electrons. The summed E-state index contributed by atoms with van der Waals surface area (Å²) in [6.07, 6.45) is 0. The second-order valence-corrected chi connectivity index (χ2v) is 6.19. The maximum atomic E-state index is 6.83. The van der Waals surface area contributed by atoms with Crippen LogP contribution in [0.2, 0.25) is 5.02 Å². The van der Waals surface area contributed by atoms with Crippen LogP contribution in [0.15, 0.2) is 54.6 Å². The highest BCUT2D eigenvalue weighted by atomic mass is 35.5. The van der Waals surface area contributed by atoms with Crippen molar-refractivity contribution in [3.8, 4) is 0 Å². The molecule has 3 aromatic carbocycles. The molecule has 3 rings (SSSR count). The first-order chi connectivity index (χ1) is 10.1. The molecule has 0 aromatic heterocycles. The van der Waals surface area contributed by atoms with Crippen molar-refractivity contribution in [2.45, 2.75) is 19.2 Å². The Labute approximate surface area is 135 Å². The number of hydrogen-bond donors (Lipinski definition) is 0. The largest absolute Gasteiger partial charge is 0.113 e. The number of fused-ring (bicyclic) bond motifs is 1. The Morgan fingerprint density at radius 2 is 1.38 bits per heavy atom. The fraction of sp³-hybridized carbons (Fsp3) is 0.158. The molecule has 0 bridgehead atoms. The van der Waals surface area contributed by atoms with Gasteiger partial charge in [0.05, 0.1) is 5.38 Å². The second-order valence-electron chi connectivity index (χ2n) is 5.35. The van der Waals surface area contributed by atoms with Crippen LogP contribution in [0.5, 0.6) is 0 Å². The van der Waals surface area contributed by atoms with E-state index in [2.05, 4.69) is 38.1 Å². The second kappa shape index (κ2) is 5.71. The van der Waals surface area contributed by atoms with Crippen molar-refractivity contribution in [1.82, 2.24) is 0 Å². The van der Waals surface area contributed by atoms with E-state index in [0.717, 1.165) is 21.4 Å². The van der Waals surface area contributed by atoms with E-state index < -0.39 is 0 Å². The van der Waals surface area contributed by atoms with E-state index in [4.69, 9.17) is 23.2 Å². The lowest BCUT2D eigenvalue weighted by Crippen LogP contribution is -2.00. The molecular formula is C19H16Cl2. The monoisotopic (exact) mass is 314 g/mol. The summed E-state index contributed by atoms with van der Waals surface area (Å²) in [6.45, 7) is 4.21. The van der Waals surface area contributed by atoms with Gasteiger partial charge in [-0.05, 0) is 47.6 Å². The van der Waals surface area contributed by atoms with E-state index in [1.165, 1.54) is 16.7 Å². The van der Waals surface area contributed by atoms with Gasteiger partial charge in [-0.15, -0.1) is 11.6 Å². The molecule has 21 heavy (non-hydrogen) atoms. The standard InChI is InChI=1S/C19H16Cl2/c1-12-6-5-7-13(2)18(12)19(21)16-10-11-17(20)15-9-4-3-8-14(15)16/h3-11,19H,1-2H3. The topological polar surface area (TPSA) is 0 Å². The molecule has 0 heterocycles. The first kappa shape index (κ1) is 14.4. The van der Waals surface area contributed by atoms with Gasteiger partial charge in [-0.1, -0.05) is 60.1 Å². The fourth-order valence-corrected chi connectivity index (χ4v) is 3.65. The molecule has 0 nitrogen and oxygen atoms in total. The van der Waals surface area contributed by atoms with E-state index >= 15 is 0 Å².